The zero-order chi connectivity index (χ0) is 13.1. The molecule has 2 N–H and O–H groups in total. The maximum Gasteiger partial charge on any atom is 0.132 e. The van der Waals surface area contributed by atoms with Crippen LogP contribution in [-0.4, -0.2) is 12.0 Å². The highest BCUT2D eigenvalue weighted by Crippen LogP contribution is 2.25. The molecule has 0 fully saturated rings. The molecule has 0 bridgehead atoms. The highest BCUT2D eigenvalue weighted by Gasteiger charge is 2.08. The normalized spacial score (nSPS) is 12.2. The minimum absolute atomic E-state index is 0.0234. The molecule has 0 amide bonds. The molecule has 0 aliphatic heterocycles. The van der Waals surface area contributed by atoms with Crippen molar-refractivity contribution in [2.45, 2.75) is 19.9 Å². The molecule has 0 unspecified atom stereocenters. The molecule has 0 saturated heterocycles. The second-order valence-electron chi connectivity index (χ2n) is 4.58. The fourth-order valence-corrected chi connectivity index (χ4v) is 1.93. The number of pyridine rings is 1. The van der Waals surface area contributed by atoms with Gasteiger partial charge in [0.25, 0.3) is 0 Å². The lowest BCUT2D eigenvalue weighted by Gasteiger charge is -2.20. The zero-order valence-corrected chi connectivity index (χ0v) is 11.1. The summed E-state index contributed by atoms with van der Waals surface area (Å²) in [6.07, 6.45) is 1.84. The Bertz CT molecular complexity index is 518. The summed E-state index contributed by atoms with van der Waals surface area (Å²) in [5, 5.41) is 0. The molecule has 1 aromatic carbocycles. The van der Waals surface area contributed by atoms with Gasteiger partial charge in [0.05, 0.1) is 0 Å². The average Bonchev–Trinajstić information content (AvgIpc) is 2.38. The Morgan fingerprint density at radius 1 is 1.17 bits per heavy atom. The summed E-state index contributed by atoms with van der Waals surface area (Å²) in [6, 6.07) is 12.3. The second kappa shape index (κ2) is 5.19. The van der Waals surface area contributed by atoms with Crippen molar-refractivity contribution in [3.8, 4) is 0 Å². The molecule has 1 heterocycles. The summed E-state index contributed by atoms with van der Waals surface area (Å²) in [6.45, 7) is 4.06. The van der Waals surface area contributed by atoms with Gasteiger partial charge < -0.3 is 10.6 Å². The number of aryl methyl sites for hydroxylation is 1. The average molecular weight is 241 g/mol. The molecule has 94 valence electrons. The van der Waals surface area contributed by atoms with Gasteiger partial charge in [-0.2, -0.15) is 0 Å². The van der Waals surface area contributed by atoms with E-state index in [0.717, 1.165) is 11.4 Å². The smallest absolute Gasteiger partial charge is 0.132 e. The predicted octanol–water partition coefficient (Wildman–Crippen LogP) is 3.18. The van der Waals surface area contributed by atoms with Crippen LogP contribution in [0.25, 0.3) is 0 Å². The maximum absolute atomic E-state index is 5.82. The topological polar surface area (TPSA) is 42.1 Å². The van der Waals surface area contributed by atoms with Gasteiger partial charge in [0.1, 0.15) is 5.82 Å². The monoisotopic (exact) mass is 241 g/mol. The Kier molecular flexibility index (Phi) is 3.63. The Hall–Kier alpha value is -1.87. The van der Waals surface area contributed by atoms with E-state index in [4.69, 9.17) is 5.73 Å². The molecule has 0 aliphatic rings. The van der Waals surface area contributed by atoms with E-state index in [1.807, 2.05) is 44.4 Å². The van der Waals surface area contributed by atoms with Crippen molar-refractivity contribution in [1.82, 2.24) is 4.98 Å². The summed E-state index contributed by atoms with van der Waals surface area (Å²) in [5.41, 5.74) is 9.27. The molecule has 2 rings (SSSR count). The van der Waals surface area contributed by atoms with Gasteiger partial charge in [0, 0.05) is 25.0 Å². The fraction of sp³-hybridized carbons (Fsp3) is 0.267. The number of nitrogens with two attached hydrogens (primary N) is 1. The summed E-state index contributed by atoms with van der Waals surface area (Å²) in [4.78, 5) is 6.55. The minimum atomic E-state index is 0.0234. The first-order chi connectivity index (χ1) is 8.59. The van der Waals surface area contributed by atoms with E-state index in [9.17, 15) is 0 Å². The highest BCUT2D eigenvalue weighted by atomic mass is 15.2. The standard InChI is InChI=1S/C15H19N3/c1-11-6-4-5-7-14(11)18(3)15-9-8-13(10-17-15)12(2)16/h4-10,12H,16H2,1-3H3/t12-/m1/s1. The lowest BCUT2D eigenvalue weighted by Crippen LogP contribution is -2.13. The van der Waals surface area contributed by atoms with Crippen LogP contribution in [0, 0.1) is 6.92 Å². The van der Waals surface area contributed by atoms with E-state index in [1.54, 1.807) is 0 Å². The van der Waals surface area contributed by atoms with Gasteiger partial charge in [-0.1, -0.05) is 24.3 Å². The summed E-state index contributed by atoms with van der Waals surface area (Å²) < 4.78 is 0. The van der Waals surface area contributed by atoms with Crippen molar-refractivity contribution in [2.75, 3.05) is 11.9 Å². The Morgan fingerprint density at radius 2 is 1.89 bits per heavy atom. The van der Waals surface area contributed by atoms with Gasteiger partial charge in [0.2, 0.25) is 0 Å². The molecule has 1 aromatic heterocycles. The minimum Gasteiger partial charge on any atom is -0.329 e. The van der Waals surface area contributed by atoms with Gasteiger partial charge in [-0.3, -0.25) is 0 Å². The molecule has 18 heavy (non-hydrogen) atoms. The van der Waals surface area contributed by atoms with Crippen LogP contribution in [0.5, 0.6) is 0 Å². The fourth-order valence-electron chi connectivity index (χ4n) is 1.93. The van der Waals surface area contributed by atoms with Crippen molar-refractivity contribution in [2.24, 2.45) is 5.73 Å². The molecule has 0 aliphatic carbocycles. The van der Waals surface area contributed by atoms with E-state index >= 15 is 0 Å². The number of para-hydroxylation sites is 1. The SMILES string of the molecule is Cc1ccccc1N(C)c1ccc([C@@H](C)N)cn1. The number of rotatable bonds is 3. The number of nitrogens with zero attached hydrogens (tertiary/aromatic N) is 2. The Labute approximate surface area is 108 Å². The van der Waals surface area contributed by atoms with Crippen molar-refractivity contribution < 1.29 is 0 Å². The predicted molar refractivity (Wildman–Crippen MR) is 76.1 cm³/mol. The molecule has 0 radical (unpaired) electrons. The van der Waals surface area contributed by atoms with Crippen molar-refractivity contribution >= 4 is 11.5 Å². The van der Waals surface area contributed by atoms with Crippen molar-refractivity contribution in [3.05, 3.63) is 53.7 Å². The zero-order valence-electron chi connectivity index (χ0n) is 11.1. The lowest BCUT2D eigenvalue weighted by atomic mass is 10.1. The van der Waals surface area contributed by atoms with Crippen LogP contribution in [0.15, 0.2) is 42.6 Å². The molecule has 3 heteroatoms. The van der Waals surface area contributed by atoms with Gasteiger partial charge in [-0.05, 0) is 37.1 Å². The molecule has 2 aromatic rings. The van der Waals surface area contributed by atoms with Crippen LogP contribution in [0.3, 0.4) is 0 Å². The second-order valence-corrected chi connectivity index (χ2v) is 4.58. The van der Waals surface area contributed by atoms with E-state index < -0.39 is 0 Å². The van der Waals surface area contributed by atoms with E-state index in [-0.39, 0.29) is 6.04 Å². The van der Waals surface area contributed by atoms with Gasteiger partial charge in [0.15, 0.2) is 0 Å². The number of benzene rings is 1. The van der Waals surface area contributed by atoms with E-state index in [0.29, 0.717) is 0 Å². The quantitative estimate of drug-likeness (QED) is 0.897. The largest absolute Gasteiger partial charge is 0.329 e. The third kappa shape index (κ3) is 2.51. The van der Waals surface area contributed by atoms with Crippen LogP contribution in [-0.2, 0) is 0 Å². The van der Waals surface area contributed by atoms with Crippen LogP contribution in [0.2, 0.25) is 0 Å². The lowest BCUT2D eigenvalue weighted by molar-refractivity contribution is 0.811. The third-order valence-electron chi connectivity index (χ3n) is 3.12. The van der Waals surface area contributed by atoms with E-state index in [2.05, 4.69) is 28.9 Å². The van der Waals surface area contributed by atoms with Gasteiger partial charge >= 0.3 is 0 Å². The van der Waals surface area contributed by atoms with Crippen LogP contribution in [0.1, 0.15) is 24.1 Å². The van der Waals surface area contributed by atoms with Crippen LogP contribution >= 0.6 is 0 Å². The van der Waals surface area contributed by atoms with Gasteiger partial charge in [-0.15, -0.1) is 0 Å². The van der Waals surface area contributed by atoms with E-state index in [1.165, 1.54) is 11.3 Å². The molecular weight excluding hydrogens is 222 g/mol. The molecule has 3 nitrogen and oxygen atoms in total. The summed E-state index contributed by atoms with van der Waals surface area (Å²) in [5.74, 6) is 0.925. The Balaban J connectivity index is 2.29. The molecule has 1 atom stereocenters. The number of aromatic nitrogens is 1. The number of hydrogen-bond acceptors (Lipinski definition) is 3. The third-order valence-corrected chi connectivity index (χ3v) is 3.12. The Morgan fingerprint density at radius 3 is 2.44 bits per heavy atom. The van der Waals surface area contributed by atoms with Gasteiger partial charge in [-0.25, -0.2) is 4.98 Å². The molecule has 0 saturated carbocycles. The number of anilines is 2. The maximum atomic E-state index is 5.82. The first-order valence-corrected chi connectivity index (χ1v) is 6.10. The van der Waals surface area contributed by atoms with Crippen molar-refractivity contribution in [3.63, 3.8) is 0 Å². The highest BCUT2D eigenvalue weighted by molar-refractivity contribution is 5.62. The van der Waals surface area contributed by atoms with Crippen molar-refractivity contribution in [1.29, 1.82) is 0 Å². The summed E-state index contributed by atoms with van der Waals surface area (Å²) >= 11 is 0. The first-order valence-electron chi connectivity index (χ1n) is 6.10. The molecule has 0 spiro atoms. The van der Waals surface area contributed by atoms with Crippen LogP contribution < -0.4 is 10.6 Å². The number of hydrogen-bond donors (Lipinski definition) is 1. The first kappa shape index (κ1) is 12.6. The molecular formula is C15H19N3. The summed E-state index contributed by atoms with van der Waals surface area (Å²) in [7, 11) is 2.02. The van der Waals surface area contributed by atoms with Crippen LogP contribution in [0.4, 0.5) is 11.5 Å².